The van der Waals surface area contributed by atoms with Gasteiger partial charge in [0.25, 0.3) is 0 Å². The fourth-order valence-corrected chi connectivity index (χ4v) is 2.57. The molecule has 0 aromatic carbocycles. The van der Waals surface area contributed by atoms with E-state index in [-0.39, 0.29) is 18.2 Å². The number of aromatic nitrogens is 2. The third kappa shape index (κ3) is 2.79. The van der Waals surface area contributed by atoms with E-state index in [4.69, 9.17) is 9.26 Å². The van der Waals surface area contributed by atoms with Crippen LogP contribution in [-0.4, -0.2) is 59.0 Å². The van der Waals surface area contributed by atoms with Crippen molar-refractivity contribution in [1.82, 2.24) is 20.4 Å². The van der Waals surface area contributed by atoms with Crippen molar-refractivity contribution in [3.63, 3.8) is 0 Å². The Kier molecular flexibility index (Phi) is 3.79. The maximum Gasteiger partial charge on any atom is 0.243 e. The summed E-state index contributed by atoms with van der Waals surface area (Å²) < 4.78 is 11.0. The largest absolute Gasteiger partial charge is 0.392 e. The van der Waals surface area contributed by atoms with Gasteiger partial charge in [0.05, 0.1) is 18.8 Å². The molecule has 2 N–H and O–H groups in total. The average Bonchev–Trinajstić information content (AvgIpc) is 3.07. The zero-order chi connectivity index (χ0) is 13.2. The van der Waals surface area contributed by atoms with Gasteiger partial charge in [0.2, 0.25) is 11.7 Å². The van der Waals surface area contributed by atoms with Gasteiger partial charge < -0.3 is 19.7 Å². The first-order chi connectivity index (χ1) is 9.26. The summed E-state index contributed by atoms with van der Waals surface area (Å²) in [5.41, 5.74) is 0. The minimum absolute atomic E-state index is 0.0397. The Balaban J connectivity index is 1.67. The van der Waals surface area contributed by atoms with Gasteiger partial charge in [-0.15, -0.1) is 0 Å². The number of rotatable bonds is 3. The van der Waals surface area contributed by atoms with E-state index in [1.807, 2.05) is 0 Å². The van der Waals surface area contributed by atoms with Crippen molar-refractivity contribution < 1.29 is 14.4 Å². The number of ether oxygens (including phenoxy) is 1. The normalized spacial score (nSPS) is 32.8. The van der Waals surface area contributed by atoms with Crippen molar-refractivity contribution in [1.29, 1.82) is 0 Å². The highest BCUT2D eigenvalue weighted by atomic mass is 16.5. The first-order valence-corrected chi connectivity index (χ1v) is 6.85. The molecule has 2 saturated heterocycles. The molecule has 7 heteroatoms. The zero-order valence-electron chi connectivity index (χ0n) is 11.1. The lowest BCUT2D eigenvalue weighted by atomic mass is 10.2. The van der Waals surface area contributed by atoms with Gasteiger partial charge in [-0.3, -0.25) is 4.90 Å². The molecule has 0 radical (unpaired) electrons. The number of nitrogens with zero attached hydrogens (tertiary/aromatic N) is 3. The number of nitrogens with one attached hydrogen (secondary N) is 1. The van der Waals surface area contributed by atoms with Crippen molar-refractivity contribution in [2.45, 2.75) is 31.6 Å². The number of β-amino-alcohol motifs (C(OH)–C–C–N with tert-alkyl or cyclic N) is 1. The summed E-state index contributed by atoms with van der Waals surface area (Å²) in [7, 11) is 0. The number of likely N-dealkylation sites (N-methyl/N-ethyl adjacent to an activating group) is 1. The van der Waals surface area contributed by atoms with Gasteiger partial charge >= 0.3 is 0 Å². The Bertz CT molecular complexity index is 425. The monoisotopic (exact) mass is 268 g/mol. The van der Waals surface area contributed by atoms with Crippen LogP contribution in [0.4, 0.5) is 0 Å². The maximum atomic E-state index is 9.50. The lowest BCUT2D eigenvalue weighted by Gasteiger charge is -2.30. The van der Waals surface area contributed by atoms with Crippen LogP contribution in [0.5, 0.6) is 0 Å². The Hall–Kier alpha value is -1.02. The number of aliphatic hydroxyl groups is 1. The molecule has 0 bridgehead atoms. The summed E-state index contributed by atoms with van der Waals surface area (Å²) >= 11 is 0. The summed E-state index contributed by atoms with van der Waals surface area (Å²) in [5.74, 6) is 1.15. The van der Waals surface area contributed by atoms with Crippen LogP contribution in [0.3, 0.4) is 0 Å². The fourth-order valence-electron chi connectivity index (χ4n) is 2.57. The molecule has 0 saturated carbocycles. The standard InChI is InChI=1S/C12H20N4O3/c1-2-16-3-4-18-10(7-16)11-14-12(19-15-11)9-5-8(17)6-13-9/h8-10,13,17H,2-7H2,1H3/t8-,9+,10?/m1/s1. The summed E-state index contributed by atoms with van der Waals surface area (Å²) in [6, 6.07) is -0.0397. The molecule has 106 valence electrons. The molecule has 2 fully saturated rings. The van der Waals surface area contributed by atoms with E-state index in [0.29, 0.717) is 31.3 Å². The second-order valence-corrected chi connectivity index (χ2v) is 5.09. The van der Waals surface area contributed by atoms with Gasteiger partial charge in [-0.05, 0) is 13.0 Å². The van der Waals surface area contributed by atoms with Gasteiger partial charge in [-0.25, -0.2) is 0 Å². The minimum Gasteiger partial charge on any atom is -0.392 e. The van der Waals surface area contributed by atoms with Crippen molar-refractivity contribution in [2.24, 2.45) is 0 Å². The maximum absolute atomic E-state index is 9.50. The van der Waals surface area contributed by atoms with Crippen LogP contribution < -0.4 is 5.32 Å². The molecule has 1 unspecified atom stereocenters. The van der Waals surface area contributed by atoms with Gasteiger partial charge in [-0.1, -0.05) is 12.1 Å². The van der Waals surface area contributed by atoms with Crippen molar-refractivity contribution in [3.8, 4) is 0 Å². The lowest BCUT2D eigenvalue weighted by molar-refractivity contribution is -0.0334. The topological polar surface area (TPSA) is 83.7 Å². The van der Waals surface area contributed by atoms with Gasteiger partial charge in [-0.2, -0.15) is 4.98 Å². The predicted octanol–water partition coefficient (Wildman–Crippen LogP) is -0.142. The van der Waals surface area contributed by atoms with Crippen LogP contribution in [-0.2, 0) is 4.74 Å². The smallest absolute Gasteiger partial charge is 0.243 e. The Labute approximate surface area is 111 Å². The van der Waals surface area contributed by atoms with E-state index < -0.39 is 0 Å². The Morgan fingerprint density at radius 1 is 1.53 bits per heavy atom. The van der Waals surface area contributed by atoms with Gasteiger partial charge in [0.15, 0.2) is 0 Å². The highest BCUT2D eigenvalue weighted by molar-refractivity contribution is 5.00. The first-order valence-electron chi connectivity index (χ1n) is 6.85. The molecule has 7 nitrogen and oxygen atoms in total. The molecule has 0 amide bonds. The molecule has 3 atom stereocenters. The molecule has 2 aliphatic heterocycles. The molecule has 0 spiro atoms. The van der Waals surface area contributed by atoms with Crippen LogP contribution in [0.15, 0.2) is 4.52 Å². The Morgan fingerprint density at radius 2 is 2.42 bits per heavy atom. The van der Waals surface area contributed by atoms with Crippen molar-refractivity contribution >= 4 is 0 Å². The second kappa shape index (κ2) is 5.54. The van der Waals surface area contributed by atoms with E-state index in [9.17, 15) is 5.11 Å². The third-order valence-corrected chi connectivity index (χ3v) is 3.75. The number of aliphatic hydroxyl groups excluding tert-OH is 1. The summed E-state index contributed by atoms with van der Waals surface area (Å²) in [5, 5.41) is 16.7. The quantitative estimate of drug-likeness (QED) is 0.789. The Morgan fingerprint density at radius 3 is 3.16 bits per heavy atom. The molecular weight excluding hydrogens is 248 g/mol. The van der Waals surface area contributed by atoms with Crippen LogP contribution in [0.1, 0.15) is 37.2 Å². The summed E-state index contributed by atoms with van der Waals surface area (Å²) in [4.78, 5) is 6.72. The number of hydrogen-bond acceptors (Lipinski definition) is 7. The molecule has 3 rings (SSSR count). The molecule has 0 aliphatic carbocycles. The fraction of sp³-hybridized carbons (Fsp3) is 0.833. The third-order valence-electron chi connectivity index (χ3n) is 3.75. The zero-order valence-corrected chi connectivity index (χ0v) is 11.1. The molecule has 1 aromatic heterocycles. The van der Waals surface area contributed by atoms with E-state index in [2.05, 4.69) is 27.3 Å². The van der Waals surface area contributed by atoms with Gasteiger partial charge in [0, 0.05) is 19.6 Å². The summed E-state index contributed by atoms with van der Waals surface area (Å²) in [6.45, 7) is 6.16. The first kappa shape index (κ1) is 13.0. The molecule has 19 heavy (non-hydrogen) atoms. The summed E-state index contributed by atoms with van der Waals surface area (Å²) in [6.07, 6.45) is 0.174. The van der Waals surface area contributed by atoms with Crippen LogP contribution >= 0.6 is 0 Å². The van der Waals surface area contributed by atoms with E-state index in [0.717, 1.165) is 19.6 Å². The molecule has 3 heterocycles. The number of morpholine rings is 1. The lowest BCUT2D eigenvalue weighted by Crippen LogP contribution is -2.38. The van der Waals surface area contributed by atoms with Crippen LogP contribution in [0, 0.1) is 0 Å². The van der Waals surface area contributed by atoms with Crippen LogP contribution in [0.25, 0.3) is 0 Å². The SMILES string of the molecule is CCN1CCOC(c2noc([C@@H]3C[C@@H](O)CN3)n2)C1. The van der Waals surface area contributed by atoms with Crippen LogP contribution in [0.2, 0.25) is 0 Å². The van der Waals surface area contributed by atoms with Crippen molar-refractivity contribution in [2.75, 3.05) is 32.8 Å². The number of hydrogen-bond donors (Lipinski definition) is 2. The van der Waals surface area contributed by atoms with E-state index in [1.54, 1.807) is 0 Å². The van der Waals surface area contributed by atoms with Crippen molar-refractivity contribution in [3.05, 3.63) is 11.7 Å². The second-order valence-electron chi connectivity index (χ2n) is 5.09. The highest BCUT2D eigenvalue weighted by Gasteiger charge is 2.31. The molecule has 2 aliphatic rings. The molecular formula is C12H20N4O3. The minimum atomic E-state index is -0.332. The van der Waals surface area contributed by atoms with E-state index in [1.165, 1.54) is 0 Å². The predicted molar refractivity (Wildman–Crippen MR) is 66.5 cm³/mol. The average molecular weight is 268 g/mol. The molecule has 1 aromatic rings. The highest BCUT2D eigenvalue weighted by Crippen LogP contribution is 2.25. The van der Waals surface area contributed by atoms with E-state index >= 15 is 0 Å². The van der Waals surface area contributed by atoms with Gasteiger partial charge in [0.1, 0.15) is 6.10 Å².